The van der Waals surface area contributed by atoms with Crippen molar-refractivity contribution >= 4 is 11.3 Å². The number of benzene rings is 1. The highest BCUT2D eigenvalue weighted by Gasteiger charge is 2.03. The van der Waals surface area contributed by atoms with E-state index in [9.17, 15) is 0 Å². The minimum atomic E-state index is 0.607. The van der Waals surface area contributed by atoms with Gasteiger partial charge < -0.3 is 4.74 Å². The van der Waals surface area contributed by atoms with Crippen LogP contribution in [0, 0.1) is 13.8 Å². The monoisotopic (exact) mass is 219 g/mol. The average molecular weight is 219 g/mol. The van der Waals surface area contributed by atoms with Crippen molar-refractivity contribution in [2.24, 2.45) is 0 Å². The van der Waals surface area contributed by atoms with Gasteiger partial charge in [-0.1, -0.05) is 18.2 Å². The Hall–Kier alpha value is -1.35. The summed E-state index contributed by atoms with van der Waals surface area (Å²) in [6.45, 7) is 4.74. The van der Waals surface area contributed by atoms with Crippen molar-refractivity contribution in [2.45, 2.75) is 20.5 Å². The van der Waals surface area contributed by atoms with E-state index >= 15 is 0 Å². The molecule has 78 valence electrons. The summed E-state index contributed by atoms with van der Waals surface area (Å²) in [5.41, 5.74) is 4.18. The maximum atomic E-state index is 5.78. The zero-order chi connectivity index (χ0) is 10.7. The Kier molecular flexibility index (Phi) is 3.02. The van der Waals surface area contributed by atoms with Crippen molar-refractivity contribution in [3.8, 4) is 5.75 Å². The fourth-order valence-electron chi connectivity index (χ4n) is 1.48. The van der Waals surface area contributed by atoms with Crippen LogP contribution >= 0.6 is 11.3 Å². The molecule has 0 spiro atoms. The summed E-state index contributed by atoms with van der Waals surface area (Å²) in [5, 5.41) is 0. The van der Waals surface area contributed by atoms with Crippen LogP contribution in [0.25, 0.3) is 0 Å². The number of aryl methyl sites for hydroxylation is 2. The molecule has 0 atom stereocenters. The van der Waals surface area contributed by atoms with E-state index in [0.717, 1.165) is 10.6 Å². The molecule has 3 heteroatoms. The van der Waals surface area contributed by atoms with Crippen LogP contribution in [0.2, 0.25) is 0 Å². The fraction of sp³-hybridized carbons (Fsp3) is 0.250. The minimum Gasteiger partial charge on any atom is -0.487 e. The van der Waals surface area contributed by atoms with E-state index in [-0.39, 0.29) is 0 Å². The molecule has 0 amide bonds. The van der Waals surface area contributed by atoms with Gasteiger partial charge in [0.25, 0.3) is 0 Å². The normalized spacial score (nSPS) is 10.3. The molecule has 0 N–H and O–H groups in total. The van der Waals surface area contributed by atoms with Crippen LogP contribution in [0.5, 0.6) is 5.75 Å². The predicted molar refractivity (Wildman–Crippen MR) is 62.4 cm³/mol. The van der Waals surface area contributed by atoms with Crippen LogP contribution in [-0.4, -0.2) is 4.98 Å². The Labute approximate surface area is 93.6 Å². The Balaban J connectivity index is 2.11. The number of hydrogen-bond donors (Lipinski definition) is 0. The first-order valence-electron chi connectivity index (χ1n) is 4.84. The van der Waals surface area contributed by atoms with Crippen LogP contribution in [0.15, 0.2) is 29.9 Å². The van der Waals surface area contributed by atoms with Crippen molar-refractivity contribution in [3.63, 3.8) is 0 Å². The number of rotatable bonds is 3. The van der Waals surface area contributed by atoms with Gasteiger partial charge in [0, 0.05) is 6.20 Å². The maximum absolute atomic E-state index is 5.78. The largest absolute Gasteiger partial charge is 0.487 e. The minimum absolute atomic E-state index is 0.607. The molecular formula is C12H13NOS. The van der Waals surface area contributed by atoms with Crippen LogP contribution in [0.4, 0.5) is 0 Å². The molecule has 1 aromatic carbocycles. The second-order valence-electron chi connectivity index (χ2n) is 3.48. The van der Waals surface area contributed by atoms with Gasteiger partial charge in [0.05, 0.1) is 10.4 Å². The molecular weight excluding hydrogens is 206 g/mol. The van der Waals surface area contributed by atoms with Gasteiger partial charge in [-0.2, -0.15) is 0 Å². The summed E-state index contributed by atoms with van der Waals surface area (Å²) in [4.78, 5) is 5.17. The SMILES string of the molecule is Cc1cccc(C)c1OCc1cncs1. The number of aromatic nitrogens is 1. The maximum Gasteiger partial charge on any atom is 0.125 e. The van der Waals surface area contributed by atoms with Crippen LogP contribution in [0.3, 0.4) is 0 Å². The van der Waals surface area contributed by atoms with Gasteiger partial charge in [-0.15, -0.1) is 11.3 Å². The van der Waals surface area contributed by atoms with Crippen molar-refractivity contribution in [1.82, 2.24) is 4.98 Å². The van der Waals surface area contributed by atoms with E-state index in [2.05, 4.69) is 31.0 Å². The summed E-state index contributed by atoms with van der Waals surface area (Å²) in [7, 11) is 0. The number of nitrogens with zero attached hydrogens (tertiary/aromatic N) is 1. The molecule has 0 radical (unpaired) electrons. The lowest BCUT2D eigenvalue weighted by molar-refractivity contribution is 0.305. The lowest BCUT2D eigenvalue weighted by Crippen LogP contribution is -1.96. The van der Waals surface area contributed by atoms with E-state index in [0.29, 0.717) is 6.61 Å². The first kappa shape index (κ1) is 10.2. The number of hydrogen-bond acceptors (Lipinski definition) is 3. The Morgan fingerprint density at radius 2 is 2.00 bits per heavy atom. The lowest BCUT2D eigenvalue weighted by Gasteiger charge is -2.10. The molecule has 0 aliphatic heterocycles. The molecule has 0 aliphatic rings. The Morgan fingerprint density at radius 1 is 1.27 bits per heavy atom. The molecule has 0 fully saturated rings. The quantitative estimate of drug-likeness (QED) is 0.790. The van der Waals surface area contributed by atoms with E-state index < -0.39 is 0 Å². The lowest BCUT2D eigenvalue weighted by atomic mass is 10.1. The molecule has 2 nitrogen and oxygen atoms in total. The average Bonchev–Trinajstić information content (AvgIpc) is 2.70. The standard InChI is InChI=1S/C12H13NOS/c1-9-4-3-5-10(2)12(9)14-7-11-6-13-8-15-11/h3-6,8H,7H2,1-2H3. The zero-order valence-electron chi connectivity index (χ0n) is 8.86. The molecule has 0 saturated carbocycles. The van der Waals surface area contributed by atoms with Crippen molar-refractivity contribution in [3.05, 3.63) is 45.9 Å². The molecule has 0 bridgehead atoms. The van der Waals surface area contributed by atoms with E-state index in [1.165, 1.54) is 11.1 Å². The molecule has 15 heavy (non-hydrogen) atoms. The Morgan fingerprint density at radius 3 is 2.60 bits per heavy atom. The zero-order valence-corrected chi connectivity index (χ0v) is 9.67. The first-order chi connectivity index (χ1) is 7.27. The number of para-hydroxylation sites is 1. The van der Waals surface area contributed by atoms with E-state index in [4.69, 9.17) is 4.74 Å². The topological polar surface area (TPSA) is 22.1 Å². The highest BCUT2D eigenvalue weighted by atomic mass is 32.1. The third kappa shape index (κ3) is 2.36. The number of thiazole rings is 1. The second-order valence-corrected chi connectivity index (χ2v) is 4.45. The molecule has 0 saturated heterocycles. The summed E-state index contributed by atoms with van der Waals surface area (Å²) in [6.07, 6.45) is 1.85. The molecule has 2 aromatic rings. The predicted octanol–water partition coefficient (Wildman–Crippen LogP) is 3.34. The second kappa shape index (κ2) is 4.45. The summed E-state index contributed by atoms with van der Waals surface area (Å²) >= 11 is 1.62. The van der Waals surface area contributed by atoms with Gasteiger partial charge >= 0.3 is 0 Å². The van der Waals surface area contributed by atoms with Crippen LogP contribution < -0.4 is 4.74 Å². The third-order valence-corrected chi connectivity index (χ3v) is 3.00. The fourth-order valence-corrected chi connectivity index (χ4v) is 1.99. The molecule has 1 aromatic heterocycles. The molecule has 0 aliphatic carbocycles. The Bertz CT molecular complexity index is 417. The van der Waals surface area contributed by atoms with Crippen molar-refractivity contribution < 1.29 is 4.74 Å². The van der Waals surface area contributed by atoms with Crippen LogP contribution in [0.1, 0.15) is 16.0 Å². The smallest absolute Gasteiger partial charge is 0.125 e. The van der Waals surface area contributed by atoms with Gasteiger partial charge in [0.15, 0.2) is 0 Å². The first-order valence-corrected chi connectivity index (χ1v) is 5.71. The van der Waals surface area contributed by atoms with Crippen LogP contribution in [-0.2, 0) is 6.61 Å². The summed E-state index contributed by atoms with van der Waals surface area (Å²) in [5.74, 6) is 0.992. The highest BCUT2D eigenvalue weighted by Crippen LogP contribution is 2.23. The van der Waals surface area contributed by atoms with Crippen molar-refractivity contribution in [1.29, 1.82) is 0 Å². The van der Waals surface area contributed by atoms with Gasteiger partial charge in [0.2, 0.25) is 0 Å². The molecule has 1 heterocycles. The van der Waals surface area contributed by atoms with Gasteiger partial charge in [-0.05, 0) is 25.0 Å². The number of ether oxygens (including phenoxy) is 1. The highest BCUT2D eigenvalue weighted by molar-refractivity contribution is 7.09. The van der Waals surface area contributed by atoms with Gasteiger partial charge in [-0.3, -0.25) is 4.98 Å². The van der Waals surface area contributed by atoms with Gasteiger partial charge in [-0.25, -0.2) is 0 Å². The van der Waals surface area contributed by atoms with E-state index in [1.54, 1.807) is 11.3 Å². The molecule has 0 unspecified atom stereocenters. The summed E-state index contributed by atoms with van der Waals surface area (Å²) < 4.78 is 5.78. The van der Waals surface area contributed by atoms with Crippen molar-refractivity contribution in [2.75, 3.05) is 0 Å². The molecule has 2 rings (SSSR count). The third-order valence-electron chi connectivity index (χ3n) is 2.25. The van der Waals surface area contributed by atoms with E-state index in [1.807, 2.05) is 17.8 Å². The van der Waals surface area contributed by atoms with Gasteiger partial charge in [0.1, 0.15) is 12.4 Å². The summed E-state index contributed by atoms with van der Waals surface area (Å²) in [6, 6.07) is 6.17.